The molecule has 0 aliphatic carbocycles. The largest absolute Gasteiger partial charge is 0.277 e. The molecular formula is C12H12N4O2S. The number of nitriles is 2. The molecular weight excluding hydrogens is 264 g/mol. The Morgan fingerprint density at radius 1 is 1.26 bits per heavy atom. The van der Waals surface area contributed by atoms with Gasteiger partial charge in [0.15, 0.2) is 9.84 Å². The van der Waals surface area contributed by atoms with Gasteiger partial charge in [-0.3, -0.25) is 5.43 Å². The van der Waals surface area contributed by atoms with E-state index in [1.807, 2.05) is 0 Å². The minimum atomic E-state index is -3.24. The first kappa shape index (κ1) is 14.7. The van der Waals surface area contributed by atoms with Crippen LogP contribution in [0.25, 0.3) is 0 Å². The van der Waals surface area contributed by atoms with Crippen molar-refractivity contribution in [1.82, 2.24) is 0 Å². The summed E-state index contributed by atoms with van der Waals surface area (Å²) in [4.78, 5) is 0.240. The third kappa shape index (κ3) is 4.09. The highest BCUT2D eigenvalue weighted by Gasteiger charge is 2.12. The van der Waals surface area contributed by atoms with Gasteiger partial charge in [-0.05, 0) is 30.7 Å². The monoisotopic (exact) mass is 276 g/mol. The second-order valence-electron chi connectivity index (χ2n) is 3.64. The van der Waals surface area contributed by atoms with E-state index < -0.39 is 9.84 Å². The summed E-state index contributed by atoms with van der Waals surface area (Å²) in [7, 11) is -3.24. The van der Waals surface area contributed by atoms with E-state index in [0.717, 1.165) is 0 Å². The Labute approximate surface area is 111 Å². The Bertz CT molecular complexity index is 632. The Balaban J connectivity index is 2.87. The molecule has 0 heterocycles. The van der Waals surface area contributed by atoms with Gasteiger partial charge >= 0.3 is 0 Å². The van der Waals surface area contributed by atoms with E-state index in [-0.39, 0.29) is 16.4 Å². The zero-order chi connectivity index (χ0) is 14.3. The standard InChI is InChI=1S/C12H12N4O2S/c1-2-7-19(17,18)12-5-3-10(4-6-12)15-16-11(8-13)9-14/h3-6,15H,2,7H2,1H3. The molecule has 0 radical (unpaired) electrons. The Morgan fingerprint density at radius 2 is 1.84 bits per heavy atom. The van der Waals surface area contributed by atoms with Crippen molar-refractivity contribution in [3.05, 3.63) is 24.3 Å². The number of benzene rings is 1. The molecule has 0 unspecified atom stereocenters. The van der Waals surface area contributed by atoms with E-state index in [2.05, 4.69) is 10.5 Å². The maximum atomic E-state index is 11.8. The smallest absolute Gasteiger partial charge is 0.237 e. The van der Waals surface area contributed by atoms with Crippen molar-refractivity contribution in [2.75, 3.05) is 11.2 Å². The molecule has 0 spiro atoms. The number of hydrogen-bond donors (Lipinski definition) is 1. The number of hydrogen-bond acceptors (Lipinski definition) is 6. The fourth-order valence-electron chi connectivity index (χ4n) is 1.32. The van der Waals surface area contributed by atoms with Gasteiger partial charge in [0.2, 0.25) is 5.71 Å². The van der Waals surface area contributed by atoms with Crippen molar-refractivity contribution in [1.29, 1.82) is 10.5 Å². The number of anilines is 1. The second kappa shape index (κ2) is 6.53. The van der Waals surface area contributed by atoms with Gasteiger partial charge < -0.3 is 0 Å². The van der Waals surface area contributed by atoms with Gasteiger partial charge in [-0.1, -0.05) is 6.92 Å². The maximum absolute atomic E-state index is 11.8. The van der Waals surface area contributed by atoms with Crippen LogP contribution in [-0.4, -0.2) is 19.9 Å². The normalized spacial score (nSPS) is 10.1. The lowest BCUT2D eigenvalue weighted by molar-refractivity contribution is 0.595. The lowest BCUT2D eigenvalue weighted by Crippen LogP contribution is -2.05. The lowest BCUT2D eigenvalue weighted by atomic mass is 10.3. The van der Waals surface area contributed by atoms with Gasteiger partial charge in [0.25, 0.3) is 0 Å². The number of nitrogens with zero attached hydrogens (tertiary/aromatic N) is 3. The zero-order valence-corrected chi connectivity index (χ0v) is 11.1. The Morgan fingerprint density at radius 3 is 2.32 bits per heavy atom. The molecule has 98 valence electrons. The van der Waals surface area contributed by atoms with Crippen LogP contribution in [0.3, 0.4) is 0 Å². The van der Waals surface area contributed by atoms with Crippen LogP contribution in [-0.2, 0) is 9.84 Å². The minimum Gasteiger partial charge on any atom is -0.277 e. The van der Waals surface area contributed by atoms with Crippen LogP contribution < -0.4 is 5.43 Å². The topological polar surface area (TPSA) is 106 Å². The molecule has 0 saturated heterocycles. The predicted octanol–water partition coefficient (Wildman–Crippen LogP) is 1.69. The molecule has 7 heteroatoms. The van der Waals surface area contributed by atoms with Gasteiger partial charge in [-0.15, -0.1) is 0 Å². The summed E-state index contributed by atoms with van der Waals surface area (Å²) in [5, 5.41) is 20.5. The minimum absolute atomic E-state index is 0.102. The van der Waals surface area contributed by atoms with Crippen molar-refractivity contribution in [3.8, 4) is 12.1 Å². The van der Waals surface area contributed by atoms with Crippen LogP contribution in [0, 0.1) is 22.7 Å². The fraction of sp³-hybridized carbons (Fsp3) is 0.250. The van der Waals surface area contributed by atoms with Crippen LogP contribution in [0.5, 0.6) is 0 Å². The molecule has 1 aromatic carbocycles. The summed E-state index contributed by atoms with van der Waals surface area (Å²) in [6, 6.07) is 9.18. The number of hydrazone groups is 1. The van der Waals surface area contributed by atoms with E-state index >= 15 is 0 Å². The molecule has 0 atom stereocenters. The summed E-state index contributed by atoms with van der Waals surface area (Å²) >= 11 is 0. The fourth-order valence-corrected chi connectivity index (χ4v) is 2.64. The van der Waals surface area contributed by atoms with Gasteiger partial charge in [-0.25, -0.2) is 8.42 Å². The van der Waals surface area contributed by atoms with Crippen molar-refractivity contribution < 1.29 is 8.42 Å². The van der Waals surface area contributed by atoms with E-state index in [9.17, 15) is 8.42 Å². The third-order valence-electron chi connectivity index (χ3n) is 2.19. The lowest BCUT2D eigenvalue weighted by Gasteiger charge is -2.04. The summed E-state index contributed by atoms with van der Waals surface area (Å²) in [5.41, 5.74) is 2.70. The quantitative estimate of drug-likeness (QED) is 0.650. The summed E-state index contributed by atoms with van der Waals surface area (Å²) in [5.74, 6) is 0.102. The molecule has 1 rings (SSSR count). The highest BCUT2D eigenvalue weighted by molar-refractivity contribution is 7.91. The van der Waals surface area contributed by atoms with Gasteiger partial charge in [0.05, 0.1) is 16.3 Å². The van der Waals surface area contributed by atoms with E-state index in [1.54, 1.807) is 19.1 Å². The average Bonchev–Trinajstić information content (AvgIpc) is 2.40. The first-order valence-electron chi connectivity index (χ1n) is 5.50. The van der Waals surface area contributed by atoms with Crippen molar-refractivity contribution in [2.24, 2.45) is 5.10 Å². The molecule has 0 bridgehead atoms. The zero-order valence-electron chi connectivity index (χ0n) is 10.3. The SMILES string of the molecule is CCCS(=O)(=O)c1ccc(NN=C(C#N)C#N)cc1. The summed E-state index contributed by atoms with van der Waals surface area (Å²) < 4.78 is 23.5. The van der Waals surface area contributed by atoms with E-state index in [4.69, 9.17) is 10.5 Å². The molecule has 0 fully saturated rings. The van der Waals surface area contributed by atoms with Crippen LogP contribution >= 0.6 is 0 Å². The average molecular weight is 276 g/mol. The molecule has 0 saturated carbocycles. The van der Waals surface area contributed by atoms with E-state index in [1.165, 1.54) is 24.3 Å². The molecule has 19 heavy (non-hydrogen) atoms. The van der Waals surface area contributed by atoms with Crippen molar-refractivity contribution >= 4 is 21.2 Å². The second-order valence-corrected chi connectivity index (χ2v) is 5.75. The van der Waals surface area contributed by atoms with Crippen molar-refractivity contribution in [2.45, 2.75) is 18.2 Å². The summed E-state index contributed by atoms with van der Waals surface area (Å²) in [6.07, 6.45) is 0.556. The maximum Gasteiger partial charge on any atom is 0.237 e. The molecule has 0 aliphatic heterocycles. The van der Waals surface area contributed by atoms with Gasteiger partial charge in [0.1, 0.15) is 12.1 Å². The Hall–Kier alpha value is -2.38. The number of rotatable bonds is 5. The first-order chi connectivity index (χ1) is 9.03. The third-order valence-corrected chi connectivity index (χ3v) is 4.13. The predicted molar refractivity (Wildman–Crippen MR) is 71.1 cm³/mol. The highest BCUT2D eigenvalue weighted by Crippen LogP contribution is 2.16. The Kier molecular flexibility index (Phi) is 5.04. The van der Waals surface area contributed by atoms with Gasteiger partial charge in [0, 0.05) is 0 Å². The molecule has 0 aromatic heterocycles. The summed E-state index contributed by atoms with van der Waals surface area (Å²) in [6.45, 7) is 1.80. The molecule has 1 N–H and O–H groups in total. The van der Waals surface area contributed by atoms with E-state index in [0.29, 0.717) is 12.1 Å². The first-order valence-corrected chi connectivity index (χ1v) is 7.15. The number of nitrogens with one attached hydrogen (secondary N) is 1. The van der Waals surface area contributed by atoms with Crippen LogP contribution in [0.4, 0.5) is 5.69 Å². The number of sulfone groups is 1. The highest BCUT2D eigenvalue weighted by atomic mass is 32.2. The van der Waals surface area contributed by atoms with Crippen LogP contribution in [0.1, 0.15) is 13.3 Å². The van der Waals surface area contributed by atoms with Crippen LogP contribution in [0.15, 0.2) is 34.3 Å². The van der Waals surface area contributed by atoms with Crippen molar-refractivity contribution in [3.63, 3.8) is 0 Å². The van der Waals surface area contributed by atoms with Crippen LogP contribution in [0.2, 0.25) is 0 Å². The molecule has 6 nitrogen and oxygen atoms in total. The molecule has 1 aromatic rings. The van der Waals surface area contributed by atoms with Gasteiger partial charge in [-0.2, -0.15) is 15.6 Å². The molecule has 0 amide bonds. The molecule has 0 aliphatic rings.